The highest BCUT2D eigenvalue weighted by Gasteiger charge is 2.27. The van der Waals surface area contributed by atoms with Gasteiger partial charge in [-0.3, -0.25) is 4.79 Å². The molecule has 1 atom stereocenters. The first-order valence-electron chi connectivity index (χ1n) is 11.3. The van der Waals surface area contributed by atoms with Crippen LogP contribution in [0.4, 0.5) is 4.79 Å². The number of hydrogen-bond donors (Lipinski definition) is 2. The average Bonchev–Trinajstić information content (AvgIpc) is 3.49. The van der Waals surface area contributed by atoms with E-state index in [4.69, 9.17) is 4.42 Å². The van der Waals surface area contributed by atoms with Gasteiger partial charge in [0.1, 0.15) is 12.0 Å². The molecule has 0 saturated heterocycles. The number of rotatable bonds is 6. The highest BCUT2D eigenvalue weighted by Crippen LogP contribution is 2.39. The largest absolute Gasteiger partial charge is 0.465 e. The third-order valence-corrected chi connectivity index (χ3v) is 7.96. The number of aryl methyl sites for hydroxylation is 1. The monoisotopic (exact) mass is 505 g/mol. The molecule has 0 fully saturated rings. The minimum Gasteiger partial charge on any atom is -0.465 e. The van der Waals surface area contributed by atoms with Crippen molar-refractivity contribution in [3.8, 4) is 11.3 Å². The number of fused-ring (bicyclic) bond motifs is 1. The van der Waals surface area contributed by atoms with Crippen molar-refractivity contribution in [3.63, 3.8) is 0 Å². The zero-order valence-electron chi connectivity index (χ0n) is 19.3. The molecular weight excluding hydrogens is 482 g/mol. The summed E-state index contributed by atoms with van der Waals surface area (Å²) in [5.41, 5.74) is 3.53. The van der Waals surface area contributed by atoms with Crippen LogP contribution in [0, 0.1) is 6.92 Å². The lowest BCUT2D eigenvalue weighted by molar-refractivity contribution is 0.112. The number of nitrogens with zero attached hydrogens (tertiary/aromatic N) is 2. The van der Waals surface area contributed by atoms with E-state index in [-0.39, 0.29) is 16.6 Å². The van der Waals surface area contributed by atoms with Crippen LogP contribution in [0.1, 0.15) is 40.7 Å². The van der Waals surface area contributed by atoms with Crippen LogP contribution >= 0.6 is 0 Å². The molecule has 36 heavy (non-hydrogen) atoms. The Kier molecular flexibility index (Phi) is 5.97. The van der Waals surface area contributed by atoms with E-state index in [1.54, 1.807) is 36.4 Å². The number of amides is 1. The first kappa shape index (κ1) is 23.6. The minimum absolute atomic E-state index is 0.111. The number of carbonyl (C=O) groups is 2. The van der Waals surface area contributed by atoms with Crippen LogP contribution in [-0.4, -0.2) is 40.9 Å². The Morgan fingerprint density at radius 3 is 2.69 bits per heavy atom. The predicted octanol–water partition coefficient (Wildman–Crippen LogP) is 4.86. The number of nitrogens with one attached hydrogen (secondary N) is 1. The normalized spacial score (nSPS) is 16.0. The molecule has 3 heterocycles. The summed E-state index contributed by atoms with van der Waals surface area (Å²) >= 11 is 0. The number of carbonyl (C=O) groups excluding carboxylic acids is 1. The lowest BCUT2D eigenvalue weighted by atomic mass is 9.88. The van der Waals surface area contributed by atoms with E-state index in [9.17, 15) is 23.1 Å². The first-order valence-corrected chi connectivity index (χ1v) is 12.8. The van der Waals surface area contributed by atoms with Crippen molar-refractivity contribution in [2.75, 3.05) is 0 Å². The molecule has 0 aliphatic heterocycles. The maximum Gasteiger partial charge on any atom is 0.404 e. The van der Waals surface area contributed by atoms with Gasteiger partial charge in [-0.2, -0.15) is 0 Å². The van der Waals surface area contributed by atoms with Gasteiger partial charge in [-0.25, -0.2) is 22.2 Å². The molecule has 5 rings (SSSR count). The Morgan fingerprint density at radius 1 is 1.22 bits per heavy atom. The number of benzene rings is 1. The van der Waals surface area contributed by atoms with E-state index in [1.807, 2.05) is 13.0 Å². The molecule has 0 saturated carbocycles. The standard InChI is InChI=1S/C26H23N3O6S/c1-16-5-7-20(8-6-16)36(33,34)29-13-22(23-11-17(14-30)15-35-23)24-21(9-10-27-25(24)29)18-3-2-4-19(12-18)28-26(31)32/h3,5-11,13-15,19,28H,2,4,12H2,1H3,(H,31,32). The zero-order chi connectivity index (χ0) is 25.4. The molecule has 0 bridgehead atoms. The fourth-order valence-electron chi connectivity index (χ4n) is 4.57. The van der Waals surface area contributed by atoms with Gasteiger partial charge in [0.25, 0.3) is 10.0 Å². The molecule has 9 nitrogen and oxygen atoms in total. The van der Waals surface area contributed by atoms with Gasteiger partial charge in [-0.1, -0.05) is 23.8 Å². The van der Waals surface area contributed by atoms with E-state index >= 15 is 0 Å². The second-order valence-electron chi connectivity index (χ2n) is 8.73. The summed E-state index contributed by atoms with van der Waals surface area (Å²) in [6.07, 6.45) is 7.68. The summed E-state index contributed by atoms with van der Waals surface area (Å²) in [7, 11) is -4.01. The van der Waals surface area contributed by atoms with Crippen LogP contribution in [0.15, 0.2) is 70.4 Å². The second-order valence-corrected chi connectivity index (χ2v) is 10.5. The summed E-state index contributed by atoms with van der Waals surface area (Å²) in [5.74, 6) is 0.325. The van der Waals surface area contributed by atoms with Crippen LogP contribution in [-0.2, 0) is 10.0 Å². The molecule has 184 valence electrons. The molecule has 1 aliphatic rings. The molecule has 4 aromatic rings. The maximum atomic E-state index is 13.7. The Hall–Kier alpha value is -4.18. The Labute approximate surface area is 207 Å². The average molecular weight is 506 g/mol. The van der Waals surface area contributed by atoms with E-state index < -0.39 is 16.1 Å². The maximum absolute atomic E-state index is 13.7. The molecule has 2 N–H and O–H groups in total. The molecule has 1 aliphatic carbocycles. The topological polar surface area (TPSA) is 132 Å². The third-order valence-electron chi connectivity index (χ3n) is 6.30. The summed E-state index contributed by atoms with van der Waals surface area (Å²) in [4.78, 5) is 27.0. The fourth-order valence-corrected chi connectivity index (χ4v) is 5.89. The number of carboxylic acid groups (broad SMARTS) is 1. The van der Waals surface area contributed by atoms with Gasteiger partial charge in [0, 0.05) is 29.4 Å². The molecule has 1 aromatic carbocycles. The van der Waals surface area contributed by atoms with Crippen LogP contribution in [0.2, 0.25) is 0 Å². The Morgan fingerprint density at radius 2 is 2.00 bits per heavy atom. The molecule has 10 heteroatoms. The van der Waals surface area contributed by atoms with Crippen molar-refractivity contribution in [1.29, 1.82) is 0 Å². The van der Waals surface area contributed by atoms with Gasteiger partial charge in [0.15, 0.2) is 11.9 Å². The number of aromatic nitrogens is 2. The van der Waals surface area contributed by atoms with E-state index in [0.29, 0.717) is 47.8 Å². The quantitative estimate of drug-likeness (QED) is 0.358. The van der Waals surface area contributed by atoms with Crippen molar-refractivity contribution < 1.29 is 27.5 Å². The van der Waals surface area contributed by atoms with Crippen LogP contribution in [0.3, 0.4) is 0 Å². The van der Waals surface area contributed by atoms with E-state index in [0.717, 1.165) is 20.7 Å². The summed E-state index contributed by atoms with van der Waals surface area (Å²) in [5, 5.41) is 12.3. The van der Waals surface area contributed by atoms with Gasteiger partial charge >= 0.3 is 6.09 Å². The van der Waals surface area contributed by atoms with Crippen molar-refractivity contribution >= 4 is 39.0 Å². The molecule has 1 amide bonds. The SMILES string of the molecule is Cc1ccc(S(=O)(=O)n2cc(-c3cc(C=O)co3)c3c(C4=CCCC(NC(=O)O)C4)ccnc32)cc1. The number of pyridine rings is 1. The van der Waals surface area contributed by atoms with Gasteiger partial charge in [-0.15, -0.1) is 0 Å². The lowest BCUT2D eigenvalue weighted by Crippen LogP contribution is -2.34. The zero-order valence-corrected chi connectivity index (χ0v) is 20.2. The van der Waals surface area contributed by atoms with E-state index in [2.05, 4.69) is 10.3 Å². The van der Waals surface area contributed by atoms with Crippen molar-refractivity contribution in [1.82, 2.24) is 14.3 Å². The highest BCUT2D eigenvalue weighted by atomic mass is 32.2. The highest BCUT2D eigenvalue weighted by molar-refractivity contribution is 7.90. The van der Waals surface area contributed by atoms with Gasteiger partial charge in [-0.05, 0) is 61.6 Å². The smallest absolute Gasteiger partial charge is 0.404 e. The van der Waals surface area contributed by atoms with Gasteiger partial charge in [0.05, 0.1) is 10.5 Å². The minimum atomic E-state index is -4.01. The second kappa shape index (κ2) is 9.12. The number of hydrogen-bond acceptors (Lipinski definition) is 6. The van der Waals surface area contributed by atoms with Crippen molar-refractivity contribution in [2.24, 2.45) is 0 Å². The number of furan rings is 1. The molecule has 0 radical (unpaired) electrons. The van der Waals surface area contributed by atoms with Crippen molar-refractivity contribution in [2.45, 2.75) is 37.1 Å². The third kappa shape index (κ3) is 4.20. The van der Waals surface area contributed by atoms with E-state index in [1.165, 1.54) is 18.7 Å². The van der Waals surface area contributed by atoms with Crippen LogP contribution in [0.25, 0.3) is 27.9 Å². The number of aldehydes is 1. The Bertz CT molecular complexity index is 1610. The first-order chi connectivity index (χ1) is 17.3. The molecule has 1 unspecified atom stereocenters. The van der Waals surface area contributed by atoms with Gasteiger partial charge < -0.3 is 14.8 Å². The Balaban J connectivity index is 1.73. The van der Waals surface area contributed by atoms with Crippen LogP contribution < -0.4 is 5.32 Å². The van der Waals surface area contributed by atoms with Gasteiger partial charge in [0.2, 0.25) is 0 Å². The summed E-state index contributed by atoms with van der Waals surface area (Å²) in [6, 6.07) is 9.61. The molecule has 0 spiro atoms. The van der Waals surface area contributed by atoms with Crippen molar-refractivity contribution in [3.05, 3.63) is 77.8 Å². The molecule has 3 aromatic heterocycles. The molecular formula is C26H23N3O6S. The fraction of sp³-hybridized carbons (Fsp3) is 0.192. The van der Waals surface area contributed by atoms with Crippen LogP contribution in [0.5, 0.6) is 0 Å². The summed E-state index contributed by atoms with van der Waals surface area (Å²) < 4.78 is 34.1. The summed E-state index contributed by atoms with van der Waals surface area (Å²) in [6.45, 7) is 1.87. The number of allylic oxidation sites excluding steroid dienone is 1. The predicted molar refractivity (Wildman–Crippen MR) is 133 cm³/mol. The lowest BCUT2D eigenvalue weighted by Gasteiger charge is -2.23.